The molecule has 0 saturated carbocycles. The van der Waals surface area contributed by atoms with Crippen LogP contribution in [0.4, 0.5) is 5.82 Å². The van der Waals surface area contributed by atoms with Crippen molar-refractivity contribution in [2.24, 2.45) is 0 Å². The van der Waals surface area contributed by atoms with Gasteiger partial charge in [0.1, 0.15) is 5.82 Å². The molecular weight excluding hydrogens is 238 g/mol. The molecule has 6 heteroatoms. The van der Waals surface area contributed by atoms with Crippen molar-refractivity contribution in [2.75, 3.05) is 37.3 Å². The van der Waals surface area contributed by atoms with E-state index in [1.54, 1.807) is 0 Å². The average Bonchev–Trinajstić information content (AvgIpc) is 2.29. The molecule has 1 aliphatic heterocycles. The Morgan fingerprint density at radius 1 is 1.18 bits per heavy atom. The second-order valence-corrected chi connectivity index (χ2v) is 6.33. The molecule has 0 N–H and O–H groups in total. The number of pyridine rings is 1. The largest absolute Gasteiger partial charge is 0.354 e. The van der Waals surface area contributed by atoms with E-state index < -0.39 is 10.0 Å². The summed E-state index contributed by atoms with van der Waals surface area (Å²) < 4.78 is 24.2. The molecule has 1 aromatic heterocycles. The molecule has 94 valence electrons. The lowest BCUT2D eigenvalue weighted by Gasteiger charge is -2.33. The van der Waals surface area contributed by atoms with E-state index in [0.717, 1.165) is 11.4 Å². The maximum absolute atomic E-state index is 11.4. The van der Waals surface area contributed by atoms with Gasteiger partial charge in [-0.25, -0.2) is 13.4 Å². The van der Waals surface area contributed by atoms with E-state index in [2.05, 4.69) is 9.88 Å². The fourth-order valence-corrected chi connectivity index (χ4v) is 2.72. The molecule has 2 rings (SSSR count). The third kappa shape index (κ3) is 2.95. The van der Waals surface area contributed by atoms with Crippen molar-refractivity contribution in [3.63, 3.8) is 0 Å². The number of anilines is 1. The summed E-state index contributed by atoms with van der Waals surface area (Å²) in [6.07, 6.45) is 3.09. The molecular formula is C11H17N3O2S. The van der Waals surface area contributed by atoms with E-state index in [1.807, 2.05) is 25.3 Å². The fraction of sp³-hybridized carbons (Fsp3) is 0.545. The van der Waals surface area contributed by atoms with Gasteiger partial charge in [-0.15, -0.1) is 0 Å². The Labute approximate surface area is 102 Å². The first-order valence-corrected chi connectivity index (χ1v) is 7.44. The summed E-state index contributed by atoms with van der Waals surface area (Å²) in [6, 6.07) is 4.00. The minimum atomic E-state index is -3.05. The Hall–Kier alpha value is -1.14. The van der Waals surface area contributed by atoms with Gasteiger partial charge in [0.15, 0.2) is 0 Å². The second kappa shape index (κ2) is 4.62. The number of sulfonamides is 1. The van der Waals surface area contributed by atoms with Crippen molar-refractivity contribution in [1.82, 2.24) is 9.29 Å². The third-order valence-corrected chi connectivity index (χ3v) is 4.23. The van der Waals surface area contributed by atoms with Crippen LogP contribution in [-0.2, 0) is 10.0 Å². The quantitative estimate of drug-likeness (QED) is 0.771. The Morgan fingerprint density at radius 3 is 2.29 bits per heavy atom. The van der Waals surface area contributed by atoms with Gasteiger partial charge in [-0.05, 0) is 18.6 Å². The summed E-state index contributed by atoms with van der Waals surface area (Å²) in [6.45, 7) is 4.47. The van der Waals surface area contributed by atoms with Crippen LogP contribution in [-0.4, -0.2) is 50.1 Å². The number of aromatic nitrogens is 1. The summed E-state index contributed by atoms with van der Waals surface area (Å²) >= 11 is 0. The van der Waals surface area contributed by atoms with Gasteiger partial charge in [0.2, 0.25) is 10.0 Å². The Balaban J connectivity index is 2.02. The van der Waals surface area contributed by atoms with Gasteiger partial charge in [0.25, 0.3) is 0 Å². The molecule has 0 aromatic carbocycles. The first-order valence-electron chi connectivity index (χ1n) is 5.59. The number of rotatable bonds is 2. The number of hydrogen-bond donors (Lipinski definition) is 0. The average molecular weight is 255 g/mol. The van der Waals surface area contributed by atoms with Gasteiger partial charge in [-0.3, -0.25) is 0 Å². The van der Waals surface area contributed by atoms with Gasteiger partial charge >= 0.3 is 0 Å². The first kappa shape index (κ1) is 12.3. The molecule has 2 heterocycles. The standard InChI is InChI=1S/C11H17N3O2S/c1-10-3-4-11(12-9-10)13-5-7-14(8-6-13)17(2,15)16/h3-4,9H,5-8H2,1-2H3. The molecule has 1 aliphatic rings. The molecule has 1 fully saturated rings. The monoisotopic (exact) mass is 255 g/mol. The van der Waals surface area contributed by atoms with Crippen molar-refractivity contribution < 1.29 is 8.42 Å². The van der Waals surface area contributed by atoms with Crippen LogP contribution in [0.5, 0.6) is 0 Å². The number of nitrogens with zero attached hydrogens (tertiary/aromatic N) is 3. The van der Waals surface area contributed by atoms with E-state index in [-0.39, 0.29) is 0 Å². The molecule has 0 bridgehead atoms. The summed E-state index contributed by atoms with van der Waals surface area (Å²) in [5.41, 5.74) is 1.13. The minimum absolute atomic E-state index is 0.536. The van der Waals surface area contributed by atoms with Crippen molar-refractivity contribution in [1.29, 1.82) is 0 Å². The van der Waals surface area contributed by atoms with Gasteiger partial charge in [0.05, 0.1) is 6.26 Å². The van der Waals surface area contributed by atoms with E-state index in [0.29, 0.717) is 26.2 Å². The van der Waals surface area contributed by atoms with Crippen molar-refractivity contribution in [3.05, 3.63) is 23.9 Å². The minimum Gasteiger partial charge on any atom is -0.354 e. The summed E-state index contributed by atoms with van der Waals surface area (Å²) in [4.78, 5) is 6.46. The molecule has 0 unspecified atom stereocenters. The predicted octanol–water partition coefficient (Wildman–Crippen LogP) is 0.472. The summed E-state index contributed by atoms with van der Waals surface area (Å²) in [7, 11) is -3.05. The highest BCUT2D eigenvalue weighted by atomic mass is 32.2. The van der Waals surface area contributed by atoms with E-state index in [1.165, 1.54) is 10.6 Å². The molecule has 1 aromatic rings. The SMILES string of the molecule is Cc1ccc(N2CCN(S(C)(=O)=O)CC2)nc1. The van der Waals surface area contributed by atoms with Crippen LogP contribution in [0.3, 0.4) is 0 Å². The third-order valence-electron chi connectivity index (χ3n) is 2.93. The Kier molecular flexibility index (Phi) is 3.35. The number of aryl methyl sites for hydroxylation is 1. The zero-order valence-electron chi connectivity index (χ0n) is 10.1. The van der Waals surface area contributed by atoms with Crippen molar-refractivity contribution >= 4 is 15.8 Å². The lowest BCUT2D eigenvalue weighted by atomic mass is 10.3. The summed E-state index contributed by atoms with van der Waals surface area (Å²) in [5.74, 6) is 0.920. The van der Waals surface area contributed by atoms with E-state index >= 15 is 0 Å². The van der Waals surface area contributed by atoms with Crippen LogP contribution in [0.1, 0.15) is 5.56 Å². The van der Waals surface area contributed by atoms with Crippen LogP contribution in [0.2, 0.25) is 0 Å². The van der Waals surface area contributed by atoms with Gasteiger partial charge in [-0.2, -0.15) is 4.31 Å². The predicted molar refractivity (Wildman–Crippen MR) is 67.6 cm³/mol. The van der Waals surface area contributed by atoms with Gasteiger partial charge in [-0.1, -0.05) is 6.07 Å². The fourth-order valence-electron chi connectivity index (χ4n) is 1.90. The lowest BCUT2D eigenvalue weighted by Crippen LogP contribution is -2.48. The maximum Gasteiger partial charge on any atom is 0.211 e. The molecule has 0 amide bonds. The van der Waals surface area contributed by atoms with Crippen molar-refractivity contribution in [3.8, 4) is 0 Å². The first-order chi connectivity index (χ1) is 7.97. The van der Waals surface area contributed by atoms with E-state index in [4.69, 9.17) is 0 Å². The summed E-state index contributed by atoms with van der Waals surface area (Å²) in [5, 5.41) is 0. The Bertz CT molecular complexity index is 476. The molecule has 0 aliphatic carbocycles. The number of hydrogen-bond acceptors (Lipinski definition) is 4. The highest BCUT2D eigenvalue weighted by molar-refractivity contribution is 7.88. The maximum atomic E-state index is 11.4. The zero-order valence-corrected chi connectivity index (χ0v) is 10.9. The topological polar surface area (TPSA) is 53.5 Å². The van der Waals surface area contributed by atoms with Crippen LogP contribution in [0, 0.1) is 6.92 Å². The van der Waals surface area contributed by atoms with Crippen LogP contribution < -0.4 is 4.90 Å². The van der Waals surface area contributed by atoms with Gasteiger partial charge < -0.3 is 4.90 Å². The smallest absolute Gasteiger partial charge is 0.211 e. The highest BCUT2D eigenvalue weighted by Crippen LogP contribution is 2.14. The van der Waals surface area contributed by atoms with Crippen molar-refractivity contribution in [2.45, 2.75) is 6.92 Å². The molecule has 17 heavy (non-hydrogen) atoms. The van der Waals surface area contributed by atoms with Gasteiger partial charge in [0, 0.05) is 32.4 Å². The highest BCUT2D eigenvalue weighted by Gasteiger charge is 2.23. The molecule has 0 radical (unpaired) electrons. The molecule has 5 nitrogen and oxygen atoms in total. The molecule has 0 atom stereocenters. The van der Waals surface area contributed by atoms with Crippen LogP contribution >= 0.6 is 0 Å². The molecule has 1 saturated heterocycles. The second-order valence-electron chi connectivity index (χ2n) is 4.34. The zero-order chi connectivity index (χ0) is 12.5. The van der Waals surface area contributed by atoms with E-state index in [9.17, 15) is 8.42 Å². The van der Waals surface area contributed by atoms with Crippen LogP contribution in [0.15, 0.2) is 18.3 Å². The lowest BCUT2D eigenvalue weighted by molar-refractivity contribution is 0.387. The Morgan fingerprint density at radius 2 is 1.82 bits per heavy atom. The molecule has 0 spiro atoms. The normalized spacial score (nSPS) is 18.4. The van der Waals surface area contributed by atoms with Crippen LogP contribution in [0.25, 0.3) is 0 Å². The number of piperazine rings is 1.